The summed E-state index contributed by atoms with van der Waals surface area (Å²) < 4.78 is 26.7. The van der Waals surface area contributed by atoms with Crippen molar-refractivity contribution in [2.45, 2.75) is 30.2 Å². The van der Waals surface area contributed by atoms with E-state index in [0.717, 1.165) is 16.2 Å². The molecule has 2 rings (SSSR count). The van der Waals surface area contributed by atoms with Crippen molar-refractivity contribution in [2.75, 3.05) is 11.5 Å². The number of hydrogen-bond acceptors (Lipinski definition) is 4. The Morgan fingerprint density at radius 3 is 2.95 bits per heavy atom. The van der Waals surface area contributed by atoms with Crippen molar-refractivity contribution in [1.82, 2.24) is 4.72 Å². The number of rotatable bonds is 6. The molecule has 0 aromatic heterocycles. The van der Waals surface area contributed by atoms with E-state index in [-0.39, 0.29) is 24.6 Å². The van der Waals surface area contributed by atoms with Gasteiger partial charge in [-0.25, -0.2) is 13.1 Å². The first-order valence-corrected chi connectivity index (χ1v) is 9.53. The van der Waals surface area contributed by atoms with Crippen molar-refractivity contribution < 1.29 is 18.3 Å². The number of halogens is 1. The van der Waals surface area contributed by atoms with Gasteiger partial charge in [-0.15, -0.1) is 11.8 Å². The van der Waals surface area contributed by atoms with Crippen LogP contribution < -0.4 is 4.72 Å². The van der Waals surface area contributed by atoms with Gasteiger partial charge in [-0.1, -0.05) is 11.6 Å². The molecule has 0 bridgehead atoms. The SMILES string of the molecule is O=C(O)CCCS(=O)(=O)NC1CCSc2ccc(Cl)cc21. The summed E-state index contributed by atoms with van der Waals surface area (Å²) >= 11 is 7.66. The molecule has 0 radical (unpaired) electrons. The van der Waals surface area contributed by atoms with Crippen molar-refractivity contribution >= 4 is 39.4 Å². The molecule has 21 heavy (non-hydrogen) atoms. The van der Waals surface area contributed by atoms with Gasteiger partial charge in [0.25, 0.3) is 0 Å². The number of carbonyl (C=O) groups is 1. The predicted octanol–water partition coefficient (Wildman–Crippen LogP) is 2.66. The average Bonchev–Trinajstić information content (AvgIpc) is 2.38. The minimum atomic E-state index is -3.50. The van der Waals surface area contributed by atoms with Crippen LogP contribution in [0.15, 0.2) is 23.1 Å². The molecule has 1 aliphatic rings. The number of carboxylic acid groups (broad SMARTS) is 1. The summed E-state index contributed by atoms with van der Waals surface area (Å²) in [7, 11) is -3.50. The molecule has 0 aliphatic carbocycles. The third kappa shape index (κ3) is 4.88. The van der Waals surface area contributed by atoms with Crippen LogP contribution in [0.5, 0.6) is 0 Å². The molecule has 116 valence electrons. The number of thioether (sulfide) groups is 1. The number of hydrogen-bond donors (Lipinski definition) is 2. The first kappa shape index (κ1) is 16.6. The maximum Gasteiger partial charge on any atom is 0.303 e. The highest BCUT2D eigenvalue weighted by Gasteiger charge is 2.25. The first-order chi connectivity index (χ1) is 9.87. The second kappa shape index (κ2) is 7.00. The fourth-order valence-corrected chi connectivity index (χ4v) is 4.78. The fourth-order valence-electron chi connectivity index (χ4n) is 2.18. The molecule has 1 heterocycles. The lowest BCUT2D eigenvalue weighted by atomic mass is 10.1. The number of sulfonamides is 1. The molecule has 0 spiro atoms. The summed E-state index contributed by atoms with van der Waals surface area (Å²) in [5, 5.41) is 9.14. The number of aliphatic carboxylic acids is 1. The molecule has 2 N–H and O–H groups in total. The van der Waals surface area contributed by atoms with Crippen molar-refractivity contribution in [3.63, 3.8) is 0 Å². The molecule has 1 unspecified atom stereocenters. The lowest BCUT2D eigenvalue weighted by molar-refractivity contribution is -0.137. The lowest BCUT2D eigenvalue weighted by Crippen LogP contribution is -2.32. The third-order valence-corrected chi connectivity index (χ3v) is 5.96. The summed E-state index contributed by atoms with van der Waals surface area (Å²) in [6, 6.07) is 5.17. The summed E-state index contributed by atoms with van der Waals surface area (Å²) in [4.78, 5) is 11.5. The second-order valence-electron chi connectivity index (χ2n) is 4.81. The number of carboxylic acids is 1. The molecule has 0 saturated heterocycles. The second-order valence-corrected chi connectivity index (χ2v) is 8.25. The largest absolute Gasteiger partial charge is 0.481 e. The summed E-state index contributed by atoms with van der Waals surface area (Å²) in [5.74, 6) is -0.341. The Labute approximate surface area is 133 Å². The Morgan fingerprint density at radius 2 is 2.24 bits per heavy atom. The van der Waals surface area contributed by atoms with Crippen molar-refractivity contribution in [1.29, 1.82) is 0 Å². The molecule has 1 aromatic carbocycles. The van der Waals surface area contributed by atoms with Crippen molar-refractivity contribution in [3.8, 4) is 0 Å². The summed E-state index contributed by atoms with van der Waals surface area (Å²) in [6.07, 6.45) is 0.647. The van der Waals surface area contributed by atoms with Crippen LogP contribution in [-0.4, -0.2) is 31.0 Å². The van der Waals surface area contributed by atoms with Gasteiger partial charge >= 0.3 is 5.97 Å². The standard InChI is InChI=1S/C13H16ClNO4S2/c14-9-3-4-12-10(8-9)11(5-6-20-12)15-21(18,19)7-1-2-13(16)17/h3-4,8,11,15H,1-2,5-7H2,(H,16,17). The summed E-state index contributed by atoms with van der Waals surface area (Å²) in [5.41, 5.74) is 0.889. The zero-order chi connectivity index (χ0) is 15.5. The van der Waals surface area contributed by atoms with Gasteiger partial charge in [-0.3, -0.25) is 4.79 Å². The highest BCUT2D eigenvalue weighted by Crippen LogP contribution is 2.37. The van der Waals surface area contributed by atoms with E-state index in [1.54, 1.807) is 23.9 Å². The third-order valence-electron chi connectivity index (χ3n) is 3.14. The van der Waals surface area contributed by atoms with Gasteiger partial charge in [0.15, 0.2) is 0 Å². The van der Waals surface area contributed by atoms with Gasteiger partial charge in [-0.05, 0) is 42.4 Å². The highest BCUT2D eigenvalue weighted by atomic mass is 35.5. The zero-order valence-electron chi connectivity index (χ0n) is 11.2. The van der Waals surface area contributed by atoms with E-state index in [1.165, 1.54) is 0 Å². The molecule has 1 aromatic rings. The van der Waals surface area contributed by atoms with Gasteiger partial charge in [0.1, 0.15) is 0 Å². The molecular formula is C13H16ClNO4S2. The van der Waals surface area contributed by atoms with Gasteiger partial charge in [0.05, 0.1) is 5.75 Å². The predicted molar refractivity (Wildman–Crippen MR) is 83.3 cm³/mol. The monoisotopic (exact) mass is 349 g/mol. The van der Waals surface area contributed by atoms with Crippen LogP contribution >= 0.6 is 23.4 Å². The van der Waals surface area contributed by atoms with Crippen LogP contribution in [0.2, 0.25) is 5.02 Å². The Balaban J connectivity index is 2.07. The lowest BCUT2D eigenvalue weighted by Gasteiger charge is -2.26. The highest BCUT2D eigenvalue weighted by molar-refractivity contribution is 7.99. The molecule has 0 fully saturated rings. The smallest absolute Gasteiger partial charge is 0.303 e. The Morgan fingerprint density at radius 1 is 1.48 bits per heavy atom. The van der Waals surface area contributed by atoms with Crippen molar-refractivity contribution in [3.05, 3.63) is 28.8 Å². The van der Waals surface area contributed by atoms with E-state index < -0.39 is 16.0 Å². The van der Waals surface area contributed by atoms with E-state index in [0.29, 0.717) is 11.4 Å². The summed E-state index contributed by atoms with van der Waals surface area (Å²) in [6.45, 7) is 0. The van der Waals surface area contributed by atoms with Crippen LogP contribution in [0, 0.1) is 0 Å². The van der Waals surface area contributed by atoms with Gasteiger partial charge in [-0.2, -0.15) is 0 Å². The zero-order valence-corrected chi connectivity index (χ0v) is 13.6. The minimum Gasteiger partial charge on any atom is -0.481 e. The maximum absolute atomic E-state index is 12.0. The van der Waals surface area contributed by atoms with E-state index in [2.05, 4.69) is 4.72 Å². The molecule has 8 heteroatoms. The van der Waals surface area contributed by atoms with Crippen LogP contribution in [0.25, 0.3) is 0 Å². The first-order valence-electron chi connectivity index (χ1n) is 6.51. The van der Waals surface area contributed by atoms with Crippen molar-refractivity contribution in [2.24, 2.45) is 0 Å². The molecule has 1 atom stereocenters. The normalized spacial score (nSPS) is 18.2. The molecule has 0 saturated carbocycles. The van der Waals surface area contributed by atoms with E-state index in [4.69, 9.17) is 16.7 Å². The van der Waals surface area contributed by atoms with Gasteiger partial charge < -0.3 is 5.11 Å². The van der Waals surface area contributed by atoms with Gasteiger partial charge in [0.2, 0.25) is 10.0 Å². The molecule has 1 aliphatic heterocycles. The topological polar surface area (TPSA) is 83.5 Å². The maximum atomic E-state index is 12.0. The van der Waals surface area contributed by atoms with E-state index in [1.807, 2.05) is 6.07 Å². The molecular weight excluding hydrogens is 334 g/mol. The Kier molecular flexibility index (Phi) is 5.54. The van der Waals surface area contributed by atoms with Crippen LogP contribution in [0.3, 0.4) is 0 Å². The number of nitrogens with one attached hydrogen (secondary N) is 1. The Bertz CT molecular complexity index is 633. The van der Waals surface area contributed by atoms with Gasteiger partial charge in [0, 0.05) is 22.4 Å². The number of fused-ring (bicyclic) bond motifs is 1. The Hall–Kier alpha value is -0.760. The molecule has 0 amide bonds. The van der Waals surface area contributed by atoms with Crippen LogP contribution in [0.1, 0.15) is 30.9 Å². The minimum absolute atomic E-state index is 0.106. The quantitative estimate of drug-likeness (QED) is 0.824. The number of benzene rings is 1. The van der Waals surface area contributed by atoms with Crippen LogP contribution in [0.4, 0.5) is 0 Å². The van der Waals surface area contributed by atoms with E-state index >= 15 is 0 Å². The molecule has 5 nitrogen and oxygen atoms in total. The van der Waals surface area contributed by atoms with E-state index in [9.17, 15) is 13.2 Å². The average molecular weight is 350 g/mol. The fraction of sp³-hybridized carbons (Fsp3) is 0.462. The van der Waals surface area contributed by atoms with Crippen LogP contribution in [-0.2, 0) is 14.8 Å².